The number of hydrogen-bond acceptors (Lipinski definition) is 5. The minimum Gasteiger partial charge on any atom is -0.449 e. The van der Waals surface area contributed by atoms with Crippen molar-refractivity contribution in [3.8, 4) is 17.0 Å². The number of rotatable bonds is 8. The quantitative estimate of drug-likeness (QED) is 0.264. The van der Waals surface area contributed by atoms with Crippen molar-refractivity contribution in [3.05, 3.63) is 81.0 Å². The molecule has 0 saturated carbocycles. The first-order valence-corrected chi connectivity index (χ1v) is 12.6. The molecule has 0 unspecified atom stereocenters. The molecule has 9 nitrogen and oxygen atoms in total. The van der Waals surface area contributed by atoms with Crippen LogP contribution in [0.25, 0.3) is 22.0 Å². The van der Waals surface area contributed by atoms with Gasteiger partial charge in [-0.25, -0.2) is 9.78 Å². The van der Waals surface area contributed by atoms with Crippen LogP contribution in [0.5, 0.6) is 5.88 Å². The highest BCUT2D eigenvalue weighted by molar-refractivity contribution is 6.09. The maximum atomic E-state index is 13.6. The van der Waals surface area contributed by atoms with Crippen molar-refractivity contribution in [2.75, 3.05) is 0 Å². The fourth-order valence-electron chi connectivity index (χ4n) is 4.80. The number of hydrogen-bond donors (Lipinski definition) is 3. The number of aromatic nitrogens is 3. The average Bonchev–Trinajstić information content (AvgIpc) is 3.19. The van der Waals surface area contributed by atoms with E-state index in [0.29, 0.717) is 16.7 Å². The molecule has 0 aliphatic rings. The summed E-state index contributed by atoms with van der Waals surface area (Å²) in [6, 6.07) is 9.09. The molecule has 0 radical (unpaired) electrons. The second kappa shape index (κ2) is 10.9. The molecule has 9 heteroatoms. The lowest BCUT2D eigenvalue weighted by Crippen LogP contribution is -2.28. The van der Waals surface area contributed by atoms with Gasteiger partial charge in [-0.15, -0.1) is 0 Å². The van der Waals surface area contributed by atoms with Gasteiger partial charge in [0.1, 0.15) is 0 Å². The lowest BCUT2D eigenvalue weighted by molar-refractivity contribution is 0.0952. The predicted molar refractivity (Wildman–Crippen MR) is 146 cm³/mol. The fourth-order valence-corrected chi connectivity index (χ4v) is 4.80. The number of pyridine rings is 2. The van der Waals surface area contributed by atoms with E-state index in [1.165, 1.54) is 12.3 Å². The number of H-pyrrole nitrogens is 1. The molecule has 0 aliphatic heterocycles. The first-order valence-electron chi connectivity index (χ1n) is 12.6. The van der Waals surface area contributed by atoms with Crippen molar-refractivity contribution in [1.29, 1.82) is 0 Å². The number of carbonyl (C=O) groups is 2. The lowest BCUT2D eigenvalue weighted by Gasteiger charge is -2.14. The molecule has 3 aromatic heterocycles. The Balaban J connectivity index is 1.77. The molecule has 0 aliphatic carbocycles. The molecular weight excluding hydrogens is 484 g/mol. The van der Waals surface area contributed by atoms with E-state index in [1.54, 1.807) is 12.1 Å². The minimum atomic E-state index is -1.44. The van der Waals surface area contributed by atoms with Crippen LogP contribution in [-0.2, 0) is 13.0 Å². The van der Waals surface area contributed by atoms with E-state index in [-0.39, 0.29) is 29.9 Å². The summed E-state index contributed by atoms with van der Waals surface area (Å²) in [5.41, 5.74) is 5.90. The molecule has 4 aromatic rings. The van der Waals surface area contributed by atoms with Gasteiger partial charge in [0.25, 0.3) is 11.5 Å². The Labute approximate surface area is 220 Å². The van der Waals surface area contributed by atoms with Crippen LogP contribution >= 0.6 is 0 Å². The topological polar surface area (TPSA) is 126 Å². The van der Waals surface area contributed by atoms with Gasteiger partial charge in [0.15, 0.2) is 0 Å². The third-order valence-corrected chi connectivity index (χ3v) is 6.49. The molecule has 3 N–H and O–H groups in total. The molecule has 4 rings (SSSR count). The fraction of sp³-hybridized carbons (Fsp3) is 0.310. The van der Waals surface area contributed by atoms with Crippen LogP contribution in [0.2, 0.25) is 0 Å². The SMILES string of the molecule is CCCc1cc(C)[nH]c(=O)c1CNC(=O)c1cc(-c2ccc(OC(=O)O)nc2)cc2c1c(C)cn2C(C)C. The van der Waals surface area contributed by atoms with Crippen LogP contribution in [0, 0.1) is 13.8 Å². The zero-order valence-corrected chi connectivity index (χ0v) is 22.2. The van der Waals surface area contributed by atoms with Gasteiger partial charge < -0.3 is 24.7 Å². The number of benzene rings is 1. The van der Waals surface area contributed by atoms with E-state index in [0.717, 1.165) is 46.1 Å². The molecular formula is C29H32N4O5. The predicted octanol–water partition coefficient (Wildman–Crippen LogP) is 5.53. The zero-order valence-electron chi connectivity index (χ0n) is 22.2. The van der Waals surface area contributed by atoms with E-state index in [1.807, 2.05) is 32.2 Å². The van der Waals surface area contributed by atoms with E-state index < -0.39 is 6.16 Å². The Morgan fingerprint density at radius 3 is 2.55 bits per heavy atom. The molecule has 1 aromatic carbocycles. The van der Waals surface area contributed by atoms with Gasteiger partial charge in [-0.1, -0.05) is 13.3 Å². The van der Waals surface area contributed by atoms with Crippen LogP contribution in [-0.4, -0.2) is 31.7 Å². The Bertz CT molecular complexity index is 1560. The highest BCUT2D eigenvalue weighted by atomic mass is 16.7. The molecule has 0 bridgehead atoms. The van der Waals surface area contributed by atoms with Gasteiger partial charge in [0.05, 0.1) is 0 Å². The van der Waals surface area contributed by atoms with Crippen LogP contribution in [0.15, 0.2) is 47.5 Å². The Morgan fingerprint density at radius 2 is 1.92 bits per heavy atom. The molecule has 0 saturated heterocycles. The number of amides is 1. The summed E-state index contributed by atoms with van der Waals surface area (Å²) in [7, 11) is 0. The molecule has 0 atom stereocenters. The molecule has 0 spiro atoms. The normalized spacial score (nSPS) is 11.2. The van der Waals surface area contributed by atoms with E-state index in [2.05, 4.69) is 45.4 Å². The first kappa shape index (κ1) is 26.7. The van der Waals surface area contributed by atoms with Crippen molar-refractivity contribution in [2.24, 2.45) is 0 Å². The van der Waals surface area contributed by atoms with Crippen LogP contribution < -0.4 is 15.6 Å². The molecule has 0 fully saturated rings. The van der Waals surface area contributed by atoms with E-state index >= 15 is 0 Å². The smallest absolute Gasteiger partial charge is 0.449 e. The lowest BCUT2D eigenvalue weighted by atomic mass is 9.98. The third kappa shape index (κ3) is 5.46. The summed E-state index contributed by atoms with van der Waals surface area (Å²) in [4.78, 5) is 44.1. The van der Waals surface area contributed by atoms with Gasteiger partial charge in [-0.05, 0) is 75.1 Å². The summed E-state index contributed by atoms with van der Waals surface area (Å²) in [5, 5.41) is 12.6. The summed E-state index contributed by atoms with van der Waals surface area (Å²) in [6.45, 7) is 10.1. The standard InChI is InChI=1S/C29H32N4O5/c1-6-7-19-10-18(5)32-28(35)23(19)14-31-27(34)22-11-21(20-8-9-25(30-13-20)38-29(36)37)12-24-26(22)17(4)15-33(24)16(2)3/h8-13,15-16H,6-7,14H2,1-5H3,(H,31,34)(H,32,35)(H,36,37). The Morgan fingerprint density at radius 1 is 1.16 bits per heavy atom. The van der Waals surface area contributed by atoms with Gasteiger partial charge in [-0.2, -0.15) is 0 Å². The molecule has 38 heavy (non-hydrogen) atoms. The first-order chi connectivity index (χ1) is 18.1. The zero-order chi connectivity index (χ0) is 27.6. The van der Waals surface area contributed by atoms with Crippen LogP contribution in [0.3, 0.4) is 0 Å². The number of aryl methyl sites for hydroxylation is 3. The van der Waals surface area contributed by atoms with Crippen molar-refractivity contribution in [1.82, 2.24) is 19.9 Å². The summed E-state index contributed by atoms with van der Waals surface area (Å²) in [5.74, 6) is -0.324. The third-order valence-electron chi connectivity index (χ3n) is 6.49. The van der Waals surface area contributed by atoms with Crippen molar-refractivity contribution in [2.45, 2.75) is 60.0 Å². The van der Waals surface area contributed by atoms with Gasteiger partial charge in [-0.3, -0.25) is 9.59 Å². The second-order valence-corrected chi connectivity index (χ2v) is 9.70. The van der Waals surface area contributed by atoms with E-state index in [9.17, 15) is 14.4 Å². The van der Waals surface area contributed by atoms with Gasteiger partial charge in [0.2, 0.25) is 5.88 Å². The van der Waals surface area contributed by atoms with E-state index in [4.69, 9.17) is 5.11 Å². The Hall–Kier alpha value is -4.40. The highest BCUT2D eigenvalue weighted by Crippen LogP contribution is 2.33. The summed E-state index contributed by atoms with van der Waals surface area (Å²) in [6.07, 6.45) is 3.74. The van der Waals surface area contributed by atoms with Gasteiger partial charge in [0, 0.05) is 64.3 Å². The largest absolute Gasteiger partial charge is 0.512 e. The highest BCUT2D eigenvalue weighted by Gasteiger charge is 2.20. The molecule has 198 valence electrons. The number of carbonyl (C=O) groups excluding carboxylic acids is 1. The van der Waals surface area contributed by atoms with Crippen molar-refractivity contribution < 1.29 is 19.4 Å². The van der Waals surface area contributed by atoms with Crippen molar-refractivity contribution >= 4 is 23.0 Å². The maximum Gasteiger partial charge on any atom is 0.512 e. The number of carboxylic acid groups (broad SMARTS) is 1. The summed E-state index contributed by atoms with van der Waals surface area (Å²) < 4.78 is 6.73. The number of aromatic amines is 1. The number of fused-ring (bicyclic) bond motifs is 1. The number of nitrogens with zero attached hydrogens (tertiary/aromatic N) is 2. The van der Waals surface area contributed by atoms with Gasteiger partial charge >= 0.3 is 6.16 Å². The van der Waals surface area contributed by atoms with Crippen molar-refractivity contribution in [3.63, 3.8) is 0 Å². The molecule has 1 amide bonds. The monoisotopic (exact) mass is 516 g/mol. The molecule has 3 heterocycles. The van der Waals surface area contributed by atoms with Crippen LogP contribution in [0.4, 0.5) is 4.79 Å². The second-order valence-electron chi connectivity index (χ2n) is 9.70. The number of nitrogens with one attached hydrogen (secondary N) is 2. The van der Waals surface area contributed by atoms with Crippen LogP contribution in [0.1, 0.15) is 66.0 Å². The Kier molecular flexibility index (Phi) is 7.66. The summed E-state index contributed by atoms with van der Waals surface area (Å²) >= 11 is 0. The number of ether oxygens (including phenoxy) is 1. The average molecular weight is 517 g/mol. The maximum absolute atomic E-state index is 13.6. The minimum absolute atomic E-state index is 0.0344.